The van der Waals surface area contributed by atoms with E-state index in [1.807, 2.05) is 31.2 Å². The second-order valence-electron chi connectivity index (χ2n) is 5.54. The van der Waals surface area contributed by atoms with Crippen LogP contribution in [0.3, 0.4) is 0 Å². The number of nitriles is 1. The number of carbonyl (C=O) groups excluding carboxylic acids is 1. The Hall–Kier alpha value is -2.51. The lowest BCUT2D eigenvalue weighted by atomic mass is 10.1. The van der Waals surface area contributed by atoms with Gasteiger partial charge in [0.05, 0.1) is 16.7 Å². The van der Waals surface area contributed by atoms with Gasteiger partial charge in [0.15, 0.2) is 6.61 Å². The van der Waals surface area contributed by atoms with Crippen LogP contribution in [0.2, 0.25) is 5.02 Å². The molecule has 2 rings (SSSR count). The van der Waals surface area contributed by atoms with Gasteiger partial charge >= 0.3 is 0 Å². The van der Waals surface area contributed by atoms with E-state index in [4.69, 9.17) is 21.6 Å². The highest BCUT2D eigenvalue weighted by Crippen LogP contribution is 2.25. The van der Waals surface area contributed by atoms with Gasteiger partial charge in [-0.3, -0.25) is 4.79 Å². The van der Waals surface area contributed by atoms with Gasteiger partial charge in [0.25, 0.3) is 5.91 Å². The van der Waals surface area contributed by atoms with Crippen LogP contribution in [0.25, 0.3) is 0 Å². The number of carbonyl (C=O) groups is 1. The number of hydrogen-bond donors (Lipinski definition) is 1. The van der Waals surface area contributed by atoms with Gasteiger partial charge < -0.3 is 10.1 Å². The SMILES string of the molecule is C[C@@H](CCc1ccccc1)NC(=O)COc1ccc(C#N)cc1Cl. The van der Waals surface area contributed by atoms with Crippen LogP contribution in [-0.2, 0) is 11.2 Å². The summed E-state index contributed by atoms with van der Waals surface area (Å²) in [5.74, 6) is 0.193. The molecule has 0 radical (unpaired) electrons. The van der Waals surface area contributed by atoms with Crippen LogP contribution < -0.4 is 10.1 Å². The standard InChI is InChI=1S/C19H19ClN2O2/c1-14(7-8-15-5-3-2-4-6-15)22-19(23)13-24-18-10-9-16(12-21)11-17(18)20/h2-6,9-11,14H,7-8,13H2,1H3,(H,22,23)/t14-/m0/s1. The van der Waals surface area contributed by atoms with Gasteiger partial charge in [0, 0.05) is 6.04 Å². The Labute approximate surface area is 147 Å². The zero-order chi connectivity index (χ0) is 17.4. The fraction of sp³-hybridized carbons (Fsp3) is 0.263. The number of nitrogens with zero attached hydrogens (tertiary/aromatic N) is 1. The number of rotatable bonds is 7. The Morgan fingerprint density at radius 1 is 1.29 bits per heavy atom. The first-order valence-electron chi connectivity index (χ1n) is 7.74. The predicted octanol–water partition coefficient (Wildman–Crippen LogP) is 3.73. The smallest absolute Gasteiger partial charge is 0.258 e. The Balaban J connectivity index is 1.75. The van der Waals surface area contributed by atoms with Crippen molar-refractivity contribution in [3.05, 3.63) is 64.7 Å². The first kappa shape index (κ1) is 17.8. The van der Waals surface area contributed by atoms with Gasteiger partial charge in [0.2, 0.25) is 0 Å². The zero-order valence-corrected chi connectivity index (χ0v) is 14.2. The van der Waals surface area contributed by atoms with Gasteiger partial charge in [-0.1, -0.05) is 41.9 Å². The third-order valence-electron chi connectivity index (χ3n) is 3.54. The molecule has 0 aromatic heterocycles. The maximum absolute atomic E-state index is 11.9. The van der Waals surface area contributed by atoms with Crippen molar-refractivity contribution in [3.63, 3.8) is 0 Å². The molecule has 0 heterocycles. The molecule has 0 saturated heterocycles. The molecule has 0 saturated carbocycles. The van der Waals surface area contributed by atoms with Crippen LogP contribution >= 0.6 is 11.6 Å². The number of benzene rings is 2. The number of hydrogen-bond acceptors (Lipinski definition) is 3. The van der Waals surface area contributed by atoms with Crippen LogP contribution in [-0.4, -0.2) is 18.6 Å². The summed E-state index contributed by atoms with van der Waals surface area (Å²) in [4.78, 5) is 11.9. The van der Waals surface area contributed by atoms with Crippen LogP contribution in [0, 0.1) is 11.3 Å². The van der Waals surface area contributed by atoms with Crippen molar-refractivity contribution in [2.24, 2.45) is 0 Å². The van der Waals surface area contributed by atoms with Crippen molar-refractivity contribution >= 4 is 17.5 Å². The molecule has 0 spiro atoms. The zero-order valence-electron chi connectivity index (χ0n) is 13.5. The summed E-state index contributed by atoms with van der Waals surface area (Å²) in [6.07, 6.45) is 1.76. The van der Waals surface area contributed by atoms with E-state index in [1.165, 1.54) is 11.6 Å². The molecule has 0 aliphatic carbocycles. The van der Waals surface area contributed by atoms with E-state index in [0.717, 1.165) is 12.8 Å². The Morgan fingerprint density at radius 3 is 2.71 bits per heavy atom. The molecule has 2 aromatic carbocycles. The van der Waals surface area contributed by atoms with E-state index in [0.29, 0.717) is 16.3 Å². The van der Waals surface area contributed by atoms with Crippen molar-refractivity contribution in [1.29, 1.82) is 5.26 Å². The number of ether oxygens (including phenoxy) is 1. The molecular formula is C19H19ClN2O2. The molecule has 1 amide bonds. The van der Waals surface area contributed by atoms with E-state index in [1.54, 1.807) is 12.1 Å². The topological polar surface area (TPSA) is 62.1 Å². The second kappa shape index (κ2) is 8.95. The molecule has 0 fully saturated rings. The summed E-state index contributed by atoms with van der Waals surface area (Å²) in [6.45, 7) is 1.86. The molecule has 124 valence electrons. The third kappa shape index (κ3) is 5.60. The van der Waals surface area contributed by atoms with E-state index in [2.05, 4.69) is 17.4 Å². The number of halogens is 1. The normalized spacial score (nSPS) is 11.4. The maximum atomic E-state index is 11.9. The van der Waals surface area contributed by atoms with Crippen molar-refractivity contribution < 1.29 is 9.53 Å². The highest BCUT2D eigenvalue weighted by molar-refractivity contribution is 6.32. The second-order valence-corrected chi connectivity index (χ2v) is 5.95. The fourth-order valence-electron chi connectivity index (χ4n) is 2.25. The minimum atomic E-state index is -0.198. The summed E-state index contributed by atoms with van der Waals surface area (Å²) >= 11 is 6.01. The number of nitrogens with one attached hydrogen (secondary N) is 1. The molecular weight excluding hydrogens is 324 g/mol. The largest absolute Gasteiger partial charge is 0.482 e. The number of amides is 1. The lowest BCUT2D eigenvalue weighted by Gasteiger charge is -2.14. The highest BCUT2D eigenvalue weighted by Gasteiger charge is 2.10. The quantitative estimate of drug-likeness (QED) is 0.834. The van der Waals surface area contributed by atoms with Crippen molar-refractivity contribution in [3.8, 4) is 11.8 Å². The van der Waals surface area contributed by atoms with Gasteiger partial charge in [-0.25, -0.2) is 0 Å². The van der Waals surface area contributed by atoms with Gasteiger partial charge in [-0.2, -0.15) is 5.26 Å². The summed E-state index contributed by atoms with van der Waals surface area (Å²) in [6, 6.07) is 16.9. The Bertz CT molecular complexity index is 726. The van der Waals surface area contributed by atoms with Crippen LogP contribution in [0.4, 0.5) is 0 Å². The lowest BCUT2D eigenvalue weighted by Crippen LogP contribution is -2.36. The van der Waals surface area contributed by atoms with E-state index in [9.17, 15) is 4.79 Å². The molecule has 0 aliphatic rings. The molecule has 5 heteroatoms. The average Bonchev–Trinajstić information content (AvgIpc) is 2.59. The highest BCUT2D eigenvalue weighted by atomic mass is 35.5. The summed E-state index contributed by atoms with van der Waals surface area (Å²) < 4.78 is 5.41. The van der Waals surface area contributed by atoms with Gasteiger partial charge in [-0.15, -0.1) is 0 Å². The van der Waals surface area contributed by atoms with Crippen molar-refractivity contribution in [2.75, 3.05) is 6.61 Å². The summed E-state index contributed by atoms with van der Waals surface area (Å²) in [7, 11) is 0. The lowest BCUT2D eigenvalue weighted by molar-refractivity contribution is -0.123. The van der Waals surface area contributed by atoms with Gasteiger partial charge in [0.1, 0.15) is 5.75 Å². The summed E-state index contributed by atoms with van der Waals surface area (Å²) in [5, 5.41) is 12.0. The fourth-order valence-corrected chi connectivity index (χ4v) is 2.48. The molecule has 1 atom stereocenters. The number of aryl methyl sites for hydroxylation is 1. The first-order valence-corrected chi connectivity index (χ1v) is 8.12. The molecule has 4 nitrogen and oxygen atoms in total. The molecule has 0 bridgehead atoms. The van der Waals surface area contributed by atoms with Crippen molar-refractivity contribution in [1.82, 2.24) is 5.32 Å². The Morgan fingerprint density at radius 2 is 2.04 bits per heavy atom. The third-order valence-corrected chi connectivity index (χ3v) is 3.83. The van der Waals surface area contributed by atoms with Crippen LogP contribution in [0.15, 0.2) is 48.5 Å². The van der Waals surface area contributed by atoms with Gasteiger partial charge in [-0.05, 0) is 43.5 Å². The first-order chi connectivity index (χ1) is 11.6. The minimum Gasteiger partial charge on any atom is -0.482 e. The molecule has 0 unspecified atom stereocenters. The van der Waals surface area contributed by atoms with Crippen molar-refractivity contribution in [2.45, 2.75) is 25.8 Å². The van der Waals surface area contributed by atoms with Crippen LogP contribution in [0.5, 0.6) is 5.75 Å². The van der Waals surface area contributed by atoms with E-state index < -0.39 is 0 Å². The molecule has 1 N–H and O–H groups in total. The average molecular weight is 343 g/mol. The molecule has 0 aliphatic heterocycles. The molecule has 24 heavy (non-hydrogen) atoms. The predicted molar refractivity (Wildman–Crippen MR) is 94.0 cm³/mol. The van der Waals surface area contributed by atoms with E-state index >= 15 is 0 Å². The Kier molecular flexibility index (Phi) is 6.65. The van der Waals surface area contributed by atoms with Crippen LogP contribution in [0.1, 0.15) is 24.5 Å². The molecule has 2 aromatic rings. The van der Waals surface area contributed by atoms with E-state index in [-0.39, 0.29) is 18.6 Å². The summed E-state index contributed by atoms with van der Waals surface area (Å²) in [5.41, 5.74) is 1.70. The monoisotopic (exact) mass is 342 g/mol. The maximum Gasteiger partial charge on any atom is 0.258 e. The minimum absolute atomic E-state index is 0.0535.